The lowest BCUT2D eigenvalue weighted by Gasteiger charge is -2.18. The minimum Gasteiger partial charge on any atom is -0.446 e. The molecule has 1 aliphatic rings. The predicted octanol–water partition coefficient (Wildman–Crippen LogP) is 2.95. The van der Waals surface area contributed by atoms with Crippen LogP contribution in [0.15, 0.2) is 54.9 Å². The SMILES string of the molecule is O=C(/C=C/c1cncc(F)c1)N1C(=O)OC[C@H]1c1ccccc1. The molecule has 1 aliphatic heterocycles. The van der Waals surface area contributed by atoms with E-state index in [9.17, 15) is 14.0 Å². The highest BCUT2D eigenvalue weighted by Crippen LogP contribution is 2.27. The standard InChI is InChI=1S/C17H13FN2O3/c18-14-8-12(9-19-10-14)6-7-16(21)20-15(11-23-17(20)22)13-4-2-1-3-5-13/h1-10,15H,11H2/b7-6+/t15-/m0/s1. The number of halogens is 1. The number of nitrogens with zero attached hydrogens (tertiary/aromatic N) is 2. The largest absolute Gasteiger partial charge is 0.446 e. The van der Waals surface area contributed by atoms with Gasteiger partial charge in [-0.1, -0.05) is 30.3 Å². The Labute approximate surface area is 132 Å². The molecule has 116 valence electrons. The van der Waals surface area contributed by atoms with Crippen molar-refractivity contribution in [2.75, 3.05) is 6.61 Å². The molecular weight excluding hydrogens is 299 g/mol. The number of aromatic nitrogens is 1. The highest BCUT2D eigenvalue weighted by molar-refractivity contribution is 6.02. The van der Waals surface area contributed by atoms with E-state index in [2.05, 4.69) is 4.98 Å². The van der Waals surface area contributed by atoms with Gasteiger partial charge in [-0.2, -0.15) is 0 Å². The molecule has 23 heavy (non-hydrogen) atoms. The molecule has 5 nitrogen and oxygen atoms in total. The molecule has 0 saturated carbocycles. The van der Waals surface area contributed by atoms with E-state index in [1.54, 1.807) is 0 Å². The zero-order valence-corrected chi connectivity index (χ0v) is 12.1. The molecule has 0 radical (unpaired) electrons. The van der Waals surface area contributed by atoms with Gasteiger partial charge in [0.2, 0.25) is 0 Å². The Bertz CT molecular complexity index is 761. The third-order valence-electron chi connectivity index (χ3n) is 3.44. The van der Waals surface area contributed by atoms with Crippen molar-refractivity contribution in [3.05, 3.63) is 71.8 Å². The summed E-state index contributed by atoms with van der Waals surface area (Å²) in [6, 6.07) is 9.94. The van der Waals surface area contributed by atoms with E-state index >= 15 is 0 Å². The van der Waals surface area contributed by atoms with Crippen LogP contribution in [-0.2, 0) is 9.53 Å². The van der Waals surface area contributed by atoms with E-state index in [0.717, 1.165) is 16.7 Å². The molecule has 0 spiro atoms. The number of amides is 2. The van der Waals surface area contributed by atoms with Gasteiger partial charge in [-0.15, -0.1) is 0 Å². The Morgan fingerprint density at radius 3 is 2.83 bits per heavy atom. The monoisotopic (exact) mass is 312 g/mol. The highest BCUT2D eigenvalue weighted by Gasteiger charge is 2.37. The van der Waals surface area contributed by atoms with Gasteiger partial charge >= 0.3 is 6.09 Å². The first-order valence-electron chi connectivity index (χ1n) is 6.98. The van der Waals surface area contributed by atoms with Crippen LogP contribution in [0.2, 0.25) is 0 Å². The van der Waals surface area contributed by atoms with E-state index in [4.69, 9.17) is 4.74 Å². The summed E-state index contributed by atoms with van der Waals surface area (Å²) in [5.74, 6) is -1.02. The molecule has 0 aliphatic carbocycles. The molecule has 2 amide bonds. The maximum Gasteiger partial charge on any atom is 0.417 e. The minimum atomic E-state index is -0.689. The van der Waals surface area contributed by atoms with E-state index in [0.29, 0.717) is 5.56 Å². The summed E-state index contributed by atoms with van der Waals surface area (Å²) in [4.78, 5) is 28.9. The predicted molar refractivity (Wildman–Crippen MR) is 80.6 cm³/mol. The Balaban J connectivity index is 1.80. The summed E-state index contributed by atoms with van der Waals surface area (Å²) in [6.07, 6.45) is 4.42. The maximum atomic E-state index is 13.1. The zero-order chi connectivity index (χ0) is 16.2. The third kappa shape index (κ3) is 3.26. The molecule has 0 unspecified atom stereocenters. The average molecular weight is 312 g/mol. The van der Waals surface area contributed by atoms with E-state index in [1.165, 1.54) is 24.4 Å². The van der Waals surface area contributed by atoms with Crippen LogP contribution in [0.25, 0.3) is 6.08 Å². The van der Waals surface area contributed by atoms with Gasteiger partial charge in [-0.3, -0.25) is 9.78 Å². The summed E-state index contributed by atoms with van der Waals surface area (Å²) < 4.78 is 18.1. The number of carbonyl (C=O) groups is 2. The van der Waals surface area contributed by atoms with Crippen LogP contribution in [0.3, 0.4) is 0 Å². The number of hydrogen-bond acceptors (Lipinski definition) is 4. The molecular formula is C17H13FN2O3. The van der Waals surface area contributed by atoms with Crippen LogP contribution in [0.5, 0.6) is 0 Å². The minimum absolute atomic E-state index is 0.115. The Morgan fingerprint density at radius 1 is 1.30 bits per heavy atom. The molecule has 0 N–H and O–H groups in total. The number of imide groups is 1. The normalized spacial score (nSPS) is 17.5. The van der Waals surface area contributed by atoms with Crippen molar-refractivity contribution in [1.82, 2.24) is 9.88 Å². The lowest BCUT2D eigenvalue weighted by molar-refractivity contribution is -0.124. The quantitative estimate of drug-likeness (QED) is 0.818. The average Bonchev–Trinajstić information content (AvgIpc) is 2.95. The van der Waals surface area contributed by atoms with Crippen LogP contribution < -0.4 is 0 Å². The number of benzene rings is 1. The molecule has 1 atom stereocenters. The first-order valence-corrected chi connectivity index (χ1v) is 6.98. The van der Waals surface area contributed by atoms with Crippen molar-refractivity contribution in [3.8, 4) is 0 Å². The zero-order valence-electron chi connectivity index (χ0n) is 12.1. The molecule has 1 aromatic heterocycles. The second-order valence-corrected chi connectivity index (χ2v) is 4.98. The number of cyclic esters (lactones) is 1. The molecule has 6 heteroatoms. The van der Waals surface area contributed by atoms with Crippen molar-refractivity contribution < 1.29 is 18.7 Å². The van der Waals surface area contributed by atoms with Gasteiger partial charge in [-0.25, -0.2) is 14.1 Å². The third-order valence-corrected chi connectivity index (χ3v) is 3.44. The van der Waals surface area contributed by atoms with Crippen LogP contribution in [-0.4, -0.2) is 28.5 Å². The molecule has 1 fully saturated rings. The first kappa shape index (κ1) is 14.9. The van der Waals surface area contributed by atoms with Gasteiger partial charge in [0.05, 0.1) is 6.20 Å². The Kier molecular flexibility index (Phi) is 4.14. The Morgan fingerprint density at radius 2 is 2.09 bits per heavy atom. The molecule has 1 aromatic carbocycles. The molecule has 2 heterocycles. The maximum absolute atomic E-state index is 13.1. The molecule has 3 rings (SSSR count). The van der Waals surface area contributed by atoms with Gasteiger partial charge in [0.25, 0.3) is 5.91 Å². The van der Waals surface area contributed by atoms with Crippen molar-refractivity contribution >= 4 is 18.1 Å². The van der Waals surface area contributed by atoms with E-state index in [1.807, 2.05) is 30.3 Å². The fraction of sp³-hybridized carbons (Fsp3) is 0.118. The smallest absolute Gasteiger partial charge is 0.417 e. The topological polar surface area (TPSA) is 59.5 Å². The first-order chi connectivity index (χ1) is 11.1. The van der Waals surface area contributed by atoms with Gasteiger partial charge in [0.15, 0.2) is 0 Å². The Hall–Kier alpha value is -3.02. The van der Waals surface area contributed by atoms with Gasteiger partial charge in [-0.05, 0) is 23.3 Å². The second kappa shape index (κ2) is 6.39. The van der Waals surface area contributed by atoms with Gasteiger partial charge in [0.1, 0.15) is 18.5 Å². The number of rotatable bonds is 3. The highest BCUT2D eigenvalue weighted by atomic mass is 19.1. The van der Waals surface area contributed by atoms with Crippen molar-refractivity contribution in [2.24, 2.45) is 0 Å². The van der Waals surface area contributed by atoms with Crippen molar-refractivity contribution in [3.63, 3.8) is 0 Å². The van der Waals surface area contributed by atoms with Crippen molar-refractivity contribution in [2.45, 2.75) is 6.04 Å². The summed E-state index contributed by atoms with van der Waals surface area (Å²) in [5, 5.41) is 0. The number of pyridine rings is 1. The lowest BCUT2D eigenvalue weighted by Crippen LogP contribution is -2.32. The van der Waals surface area contributed by atoms with Crippen molar-refractivity contribution in [1.29, 1.82) is 0 Å². The van der Waals surface area contributed by atoms with Crippen LogP contribution >= 0.6 is 0 Å². The van der Waals surface area contributed by atoms with Crippen LogP contribution in [0.1, 0.15) is 17.2 Å². The number of carbonyl (C=O) groups excluding carboxylic acids is 2. The fourth-order valence-electron chi connectivity index (χ4n) is 2.35. The number of ether oxygens (including phenoxy) is 1. The molecule has 0 bridgehead atoms. The van der Waals surface area contributed by atoms with Crippen LogP contribution in [0.4, 0.5) is 9.18 Å². The van der Waals surface area contributed by atoms with E-state index < -0.39 is 23.9 Å². The van der Waals surface area contributed by atoms with E-state index in [-0.39, 0.29) is 6.61 Å². The summed E-state index contributed by atoms with van der Waals surface area (Å²) in [7, 11) is 0. The number of hydrogen-bond donors (Lipinski definition) is 0. The second-order valence-electron chi connectivity index (χ2n) is 4.98. The van der Waals surface area contributed by atoms with Crippen LogP contribution in [0, 0.1) is 5.82 Å². The van der Waals surface area contributed by atoms with Gasteiger partial charge < -0.3 is 4.74 Å². The molecule has 1 saturated heterocycles. The molecule has 2 aromatic rings. The summed E-state index contributed by atoms with van der Waals surface area (Å²) in [6.45, 7) is 0.115. The fourth-order valence-corrected chi connectivity index (χ4v) is 2.35. The summed E-state index contributed by atoms with van der Waals surface area (Å²) >= 11 is 0. The van der Waals surface area contributed by atoms with Gasteiger partial charge in [0, 0.05) is 12.3 Å². The summed E-state index contributed by atoms with van der Waals surface area (Å²) in [5.41, 5.74) is 1.25. The lowest BCUT2D eigenvalue weighted by atomic mass is 10.1.